The molecule has 3 rings (SSSR count). The van der Waals surface area contributed by atoms with Gasteiger partial charge in [-0.25, -0.2) is 4.39 Å². The molecule has 2 N–H and O–H groups in total. The Labute approximate surface area is 119 Å². The van der Waals surface area contributed by atoms with E-state index in [2.05, 4.69) is 13.8 Å². The van der Waals surface area contributed by atoms with E-state index in [0.717, 1.165) is 31.2 Å². The van der Waals surface area contributed by atoms with Crippen molar-refractivity contribution in [3.8, 4) is 5.75 Å². The van der Waals surface area contributed by atoms with Crippen LogP contribution in [-0.4, -0.2) is 17.8 Å². The molecule has 0 amide bonds. The maximum Gasteiger partial charge on any atom is 0.127 e. The van der Waals surface area contributed by atoms with E-state index >= 15 is 0 Å². The van der Waals surface area contributed by atoms with Crippen molar-refractivity contribution < 1.29 is 13.9 Å². The van der Waals surface area contributed by atoms with Gasteiger partial charge in [-0.2, -0.15) is 0 Å². The molecule has 20 heavy (non-hydrogen) atoms. The van der Waals surface area contributed by atoms with Gasteiger partial charge in [-0.1, -0.05) is 13.0 Å². The minimum atomic E-state index is -0.316. The molecule has 0 radical (unpaired) electrons. The number of nitrogens with two attached hydrogens (primary N) is 1. The number of benzene rings is 1. The fraction of sp³-hybridized carbons (Fsp3) is 0.625. The van der Waals surface area contributed by atoms with Crippen LogP contribution in [0.1, 0.15) is 51.1 Å². The molecule has 2 unspecified atom stereocenters. The molecule has 4 heteroatoms. The van der Waals surface area contributed by atoms with E-state index in [1.807, 2.05) is 0 Å². The van der Waals surface area contributed by atoms with Crippen molar-refractivity contribution in [1.29, 1.82) is 0 Å². The monoisotopic (exact) mass is 279 g/mol. The SMILES string of the molecule is CCC1(C)CC2(CCO1)C[C@H](N)c1ccc(F)cc1O2. The minimum absolute atomic E-state index is 0.0986. The molecule has 2 aliphatic heterocycles. The van der Waals surface area contributed by atoms with Crippen LogP contribution in [0.15, 0.2) is 18.2 Å². The third kappa shape index (κ3) is 2.31. The molecule has 1 spiro atoms. The Morgan fingerprint density at radius 2 is 2.25 bits per heavy atom. The van der Waals surface area contributed by atoms with E-state index in [-0.39, 0.29) is 23.1 Å². The number of hydrogen-bond acceptors (Lipinski definition) is 3. The largest absolute Gasteiger partial charge is 0.487 e. The number of ether oxygens (including phenoxy) is 2. The first-order valence-electron chi connectivity index (χ1n) is 7.33. The van der Waals surface area contributed by atoms with Gasteiger partial charge in [0.15, 0.2) is 0 Å². The minimum Gasteiger partial charge on any atom is -0.487 e. The van der Waals surface area contributed by atoms with E-state index in [4.69, 9.17) is 15.2 Å². The molecule has 2 heterocycles. The van der Waals surface area contributed by atoms with Crippen LogP contribution in [0.5, 0.6) is 5.75 Å². The Kier molecular flexibility index (Phi) is 3.26. The zero-order valence-corrected chi connectivity index (χ0v) is 12.1. The summed E-state index contributed by atoms with van der Waals surface area (Å²) in [6.07, 6.45) is 3.32. The summed E-state index contributed by atoms with van der Waals surface area (Å²) >= 11 is 0. The molecular weight excluding hydrogens is 257 g/mol. The van der Waals surface area contributed by atoms with Crippen LogP contribution in [-0.2, 0) is 4.74 Å². The summed E-state index contributed by atoms with van der Waals surface area (Å²) in [5.41, 5.74) is 6.70. The Morgan fingerprint density at radius 3 is 3.00 bits per heavy atom. The standard InChI is InChI=1S/C16H22FNO2/c1-3-15(2)10-16(6-7-19-15)9-13(18)12-5-4-11(17)8-14(12)20-16/h4-5,8,13H,3,6-7,9-10,18H2,1-2H3/t13-,15?,16?/m0/s1. The molecule has 3 nitrogen and oxygen atoms in total. The highest BCUT2D eigenvalue weighted by Gasteiger charge is 2.47. The molecule has 0 bridgehead atoms. The third-order valence-corrected chi connectivity index (χ3v) is 4.75. The Bertz CT molecular complexity index is 521. The van der Waals surface area contributed by atoms with E-state index in [9.17, 15) is 4.39 Å². The molecule has 2 aliphatic rings. The van der Waals surface area contributed by atoms with Gasteiger partial charge in [0, 0.05) is 36.9 Å². The fourth-order valence-corrected chi connectivity index (χ4v) is 3.48. The maximum absolute atomic E-state index is 13.5. The quantitative estimate of drug-likeness (QED) is 0.857. The van der Waals surface area contributed by atoms with Gasteiger partial charge < -0.3 is 15.2 Å². The van der Waals surface area contributed by atoms with E-state index in [0.29, 0.717) is 12.4 Å². The average molecular weight is 279 g/mol. The van der Waals surface area contributed by atoms with Crippen molar-refractivity contribution in [1.82, 2.24) is 0 Å². The highest BCUT2D eigenvalue weighted by Crippen LogP contribution is 2.47. The molecule has 0 aliphatic carbocycles. The van der Waals surface area contributed by atoms with Crippen LogP contribution in [0.2, 0.25) is 0 Å². The number of halogens is 1. The predicted octanol–water partition coefficient (Wildman–Crippen LogP) is 3.33. The average Bonchev–Trinajstić information content (AvgIpc) is 2.37. The first kappa shape index (κ1) is 13.8. The van der Waals surface area contributed by atoms with Crippen molar-refractivity contribution in [2.24, 2.45) is 5.73 Å². The molecule has 0 aromatic heterocycles. The summed E-state index contributed by atoms with van der Waals surface area (Å²) in [7, 11) is 0. The van der Waals surface area contributed by atoms with Crippen molar-refractivity contribution >= 4 is 0 Å². The molecule has 1 aromatic carbocycles. The Morgan fingerprint density at radius 1 is 1.45 bits per heavy atom. The van der Waals surface area contributed by atoms with Crippen LogP contribution in [0, 0.1) is 5.82 Å². The second-order valence-corrected chi connectivity index (χ2v) is 6.36. The topological polar surface area (TPSA) is 44.5 Å². The van der Waals surface area contributed by atoms with E-state index < -0.39 is 0 Å². The summed E-state index contributed by atoms with van der Waals surface area (Å²) in [4.78, 5) is 0. The van der Waals surface area contributed by atoms with Crippen LogP contribution in [0.4, 0.5) is 4.39 Å². The molecule has 0 saturated carbocycles. The van der Waals surface area contributed by atoms with Crippen molar-refractivity contribution in [3.05, 3.63) is 29.6 Å². The second kappa shape index (κ2) is 4.71. The van der Waals surface area contributed by atoms with Gasteiger partial charge in [-0.3, -0.25) is 0 Å². The van der Waals surface area contributed by atoms with Gasteiger partial charge in [0.05, 0.1) is 12.2 Å². The summed E-state index contributed by atoms with van der Waals surface area (Å²) in [6.45, 7) is 4.90. The van der Waals surface area contributed by atoms with Crippen LogP contribution < -0.4 is 10.5 Å². The molecule has 3 atom stereocenters. The summed E-state index contributed by atoms with van der Waals surface area (Å²) in [5.74, 6) is 0.322. The van der Waals surface area contributed by atoms with Gasteiger partial charge in [0.2, 0.25) is 0 Å². The predicted molar refractivity (Wildman–Crippen MR) is 75.2 cm³/mol. The number of hydrogen-bond donors (Lipinski definition) is 1. The van der Waals surface area contributed by atoms with Gasteiger partial charge in [0.1, 0.15) is 17.2 Å². The highest BCUT2D eigenvalue weighted by molar-refractivity contribution is 5.39. The molecule has 1 saturated heterocycles. The fourth-order valence-electron chi connectivity index (χ4n) is 3.48. The number of fused-ring (bicyclic) bond motifs is 1. The number of rotatable bonds is 1. The first-order valence-corrected chi connectivity index (χ1v) is 7.33. The lowest BCUT2D eigenvalue weighted by atomic mass is 9.75. The lowest BCUT2D eigenvalue weighted by molar-refractivity contribution is -0.151. The van der Waals surface area contributed by atoms with E-state index in [1.165, 1.54) is 12.1 Å². The molecule has 1 fully saturated rings. The van der Waals surface area contributed by atoms with Crippen molar-refractivity contribution in [2.75, 3.05) is 6.61 Å². The van der Waals surface area contributed by atoms with Crippen molar-refractivity contribution in [2.45, 2.75) is 56.8 Å². The van der Waals surface area contributed by atoms with Crippen molar-refractivity contribution in [3.63, 3.8) is 0 Å². The molecule has 1 aromatic rings. The van der Waals surface area contributed by atoms with Gasteiger partial charge in [0.25, 0.3) is 0 Å². The lowest BCUT2D eigenvalue weighted by Crippen LogP contribution is -2.53. The van der Waals surface area contributed by atoms with E-state index in [1.54, 1.807) is 6.07 Å². The first-order chi connectivity index (χ1) is 9.45. The maximum atomic E-state index is 13.5. The zero-order valence-electron chi connectivity index (χ0n) is 12.1. The van der Waals surface area contributed by atoms with Crippen LogP contribution in [0.25, 0.3) is 0 Å². The van der Waals surface area contributed by atoms with Gasteiger partial charge in [-0.15, -0.1) is 0 Å². The summed E-state index contributed by atoms with van der Waals surface area (Å²) in [5, 5.41) is 0. The molecular formula is C16H22FNO2. The third-order valence-electron chi connectivity index (χ3n) is 4.75. The van der Waals surface area contributed by atoms with Gasteiger partial charge >= 0.3 is 0 Å². The molecule has 110 valence electrons. The highest BCUT2D eigenvalue weighted by atomic mass is 19.1. The normalized spacial score (nSPS) is 36.5. The van der Waals surface area contributed by atoms with Crippen LogP contribution in [0.3, 0.4) is 0 Å². The zero-order chi connectivity index (χ0) is 14.4. The smallest absolute Gasteiger partial charge is 0.127 e. The lowest BCUT2D eigenvalue weighted by Gasteiger charge is -2.49. The second-order valence-electron chi connectivity index (χ2n) is 6.36. The summed E-state index contributed by atoms with van der Waals surface area (Å²) in [6, 6.07) is 4.54. The summed E-state index contributed by atoms with van der Waals surface area (Å²) < 4.78 is 25.6. The Hall–Kier alpha value is -1.13. The van der Waals surface area contributed by atoms with Crippen LogP contribution >= 0.6 is 0 Å². The van der Waals surface area contributed by atoms with Gasteiger partial charge in [-0.05, 0) is 19.4 Å². The Balaban J connectivity index is 1.93.